The normalized spacial score (nSPS) is 17.5. The van der Waals surface area contributed by atoms with E-state index in [2.05, 4.69) is 9.88 Å². The van der Waals surface area contributed by atoms with Crippen molar-refractivity contribution in [1.29, 1.82) is 0 Å². The Kier molecular flexibility index (Phi) is 2.97. The molecule has 1 aliphatic heterocycles. The summed E-state index contributed by atoms with van der Waals surface area (Å²) in [6.45, 7) is 2.03. The second-order valence-corrected chi connectivity index (χ2v) is 3.74. The first kappa shape index (κ1) is 10.1. The predicted molar refractivity (Wildman–Crippen MR) is 57.7 cm³/mol. The van der Waals surface area contributed by atoms with E-state index in [0.717, 1.165) is 25.1 Å². The Morgan fingerprint density at radius 2 is 2.40 bits per heavy atom. The molecule has 0 aromatic carbocycles. The highest BCUT2D eigenvalue weighted by atomic mass is 19.1. The van der Waals surface area contributed by atoms with Crippen LogP contribution in [0.3, 0.4) is 0 Å². The molecule has 0 saturated heterocycles. The van der Waals surface area contributed by atoms with Gasteiger partial charge in [-0.15, -0.1) is 0 Å². The van der Waals surface area contributed by atoms with Crippen LogP contribution in [0.2, 0.25) is 0 Å². The fourth-order valence-corrected chi connectivity index (χ4v) is 1.75. The number of halogens is 1. The van der Waals surface area contributed by atoms with E-state index < -0.39 is 0 Å². The summed E-state index contributed by atoms with van der Waals surface area (Å²) in [6.07, 6.45) is 4.12. The van der Waals surface area contributed by atoms with Crippen LogP contribution in [0.1, 0.15) is 12.0 Å². The van der Waals surface area contributed by atoms with Crippen LogP contribution in [-0.4, -0.2) is 23.0 Å². The van der Waals surface area contributed by atoms with E-state index in [1.165, 1.54) is 0 Å². The van der Waals surface area contributed by atoms with Gasteiger partial charge in [0.2, 0.25) is 0 Å². The van der Waals surface area contributed by atoms with E-state index in [1.54, 1.807) is 12.3 Å². The minimum atomic E-state index is -0.0386. The van der Waals surface area contributed by atoms with Gasteiger partial charge in [-0.1, -0.05) is 6.08 Å². The number of nitrogens with two attached hydrogens (primary N) is 1. The van der Waals surface area contributed by atoms with Crippen LogP contribution in [0.15, 0.2) is 30.2 Å². The van der Waals surface area contributed by atoms with E-state index in [9.17, 15) is 4.39 Å². The van der Waals surface area contributed by atoms with Crippen LogP contribution in [0.5, 0.6) is 0 Å². The maximum Gasteiger partial charge on any atom is 0.123 e. The molecule has 0 radical (unpaired) electrons. The van der Waals surface area contributed by atoms with Gasteiger partial charge < -0.3 is 5.73 Å². The van der Waals surface area contributed by atoms with Gasteiger partial charge in [-0.3, -0.25) is 4.90 Å². The third kappa shape index (κ3) is 2.76. The Bertz CT molecular complexity index is 376. The van der Waals surface area contributed by atoms with Crippen LogP contribution in [0.4, 0.5) is 10.2 Å². The van der Waals surface area contributed by atoms with E-state index in [0.29, 0.717) is 12.4 Å². The highest BCUT2D eigenvalue weighted by Gasteiger charge is 2.12. The van der Waals surface area contributed by atoms with Gasteiger partial charge in [0.1, 0.15) is 11.6 Å². The molecule has 0 saturated carbocycles. The summed E-state index contributed by atoms with van der Waals surface area (Å²) in [6, 6.07) is 3.74. The summed E-state index contributed by atoms with van der Waals surface area (Å²) in [7, 11) is 0. The zero-order valence-corrected chi connectivity index (χ0v) is 8.49. The summed E-state index contributed by atoms with van der Waals surface area (Å²) >= 11 is 0. The lowest BCUT2D eigenvalue weighted by molar-refractivity contribution is 0.259. The molecule has 0 amide bonds. The zero-order valence-electron chi connectivity index (χ0n) is 8.49. The van der Waals surface area contributed by atoms with Gasteiger partial charge in [-0.25, -0.2) is 9.37 Å². The first-order chi connectivity index (χ1) is 7.24. The summed E-state index contributed by atoms with van der Waals surface area (Å²) in [5.41, 5.74) is 6.66. The van der Waals surface area contributed by atoms with Crippen LogP contribution < -0.4 is 5.73 Å². The average molecular weight is 207 g/mol. The molecular formula is C11H14FN3. The maximum atomic E-state index is 13.0. The van der Waals surface area contributed by atoms with Gasteiger partial charge in [0.25, 0.3) is 0 Å². The number of anilines is 1. The molecule has 0 spiro atoms. The van der Waals surface area contributed by atoms with Gasteiger partial charge in [-0.05, 0) is 24.1 Å². The number of pyridine rings is 1. The highest BCUT2D eigenvalue weighted by molar-refractivity contribution is 5.31. The molecule has 1 aliphatic rings. The Balaban J connectivity index is 2.00. The predicted octanol–water partition coefficient (Wildman–Crippen LogP) is 1.72. The number of nitrogen functional groups attached to an aromatic ring is 1. The number of hydrogen-bond acceptors (Lipinski definition) is 3. The zero-order chi connectivity index (χ0) is 10.7. The Hall–Kier alpha value is -1.42. The number of nitrogens with zero attached hydrogens (tertiary/aromatic N) is 2. The van der Waals surface area contributed by atoms with Crippen molar-refractivity contribution >= 4 is 5.82 Å². The van der Waals surface area contributed by atoms with Crippen LogP contribution >= 0.6 is 0 Å². The molecule has 2 rings (SSSR count). The Morgan fingerprint density at radius 1 is 1.53 bits per heavy atom. The van der Waals surface area contributed by atoms with E-state index in [4.69, 9.17) is 5.73 Å². The second-order valence-electron chi connectivity index (χ2n) is 3.74. The van der Waals surface area contributed by atoms with Gasteiger partial charge in [0, 0.05) is 19.3 Å². The molecule has 0 atom stereocenters. The maximum absolute atomic E-state index is 13.0. The highest BCUT2D eigenvalue weighted by Crippen LogP contribution is 2.14. The fourth-order valence-electron chi connectivity index (χ4n) is 1.75. The summed E-state index contributed by atoms with van der Waals surface area (Å²) in [4.78, 5) is 5.98. The third-order valence-corrected chi connectivity index (χ3v) is 2.44. The summed E-state index contributed by atoms with van der Waals surface area (Å²) < 4.78 is 13.0. The summed E-state index contributed by atoms with van der Waals surface area (Å²) in [5.74, 6) is 0.476. The van der Waals surface area contributed by atoms with Crippen molar-refractivity contribution in [3.8, 4) is 0 Å². The van der Waals surface area contributed by atoms with Crippen LogP contribution in [0.25, 0.3) is 0 Å². The molecule has 0 unspecified atom stereocenters. The van der Waals surface area contributed by atoms with Crippen molar-refractivity contribution < 1.29 is 4.39 Å². The SMILES string of the molecule is Nc1cc(CN2CCC=C(F)C2)ccn1. The molecule has 80 valence electrons. The van der Waals surface area contributed by atoms with E-state index in [1.807, 2.05) is 12.1 Å². The molecule has 1 aromatic rings. The smallest absolute Gasteiger partial charge is 0.123 e. The topological polar surface area (TPSA) is 42.1 Å². The van der Waals surface area contributed by atoms with Crippen molar-refractivity contribution in [2.24, 2.45) is 0 Å². The number of rotatable bonds is 2. The standard InChI is InChI=1S/C11H14FN3/c12-10-2-1-5-15(8-10)7-9-3-4-14-11(13)6-9/h2-4,6H,1,5,7-8H2,(H2,13,14). The molecule has 1 aromatic heterocycles. The minimum absolute atomic E-state index is 0.0386. The largest absolute Gasteiger partial charge is 0.384 e. The average Bonchev–Trinajstić information content (AvgIpc) is 2.17. The van der Waals surface area contributed by atoms with Crippen LogP contribution in [0, 0.1) is 0 Å². The lowest BCUT2D eigenvalue weighted by Gasteiger charge is -2.24. The quantitative estimate of drug-likeness (QED) is 0.803. The van der Waals surface area contributed by atoms with Crippen molar-refractivity contribution in [1.82, 2.24) is 9.88 Å². The second kappa shape index (κ2) is 4.40. The van der Waals surface area contributed by atoms with Gasteiger partial charge in [0.15, 0.2) is 0 Å². The molecule has 0 fully saturated rings. The summed E-state index contributed by atoms with van der Waals surface area (Å²) in [5, 5.41) is 0. The van der Waals surface area contributed by atoms with Gasteiger partial charge in [-0.2, -0.15) is 0 Å². The van der Waals surface area contributed by atoms with Gasteiger partial charge >= 0.3 is 0 Å². The lowest BCUT2D eigenvalue weighted by atomic mass is 10.2. The molecule has 2 N–H and O–H groups in total. The number of aromatic nitrogens is 1. The lowest BCUT2D eigenvalue weighted by Crippen LogP contribution is -2.28. The van der Waals surface area contributed by atoms with Crippen LogP contribution in [-0.2, 0) is 6.54 Å². The Morgan fingerprint density at radius 3 is 3.13 bits per heavy atom. The molecule has 0 bridgehead atoms. The molecule has 0 aliphatic carbocycles. The molecule has 3 nitrogen and oxygen atoms in total. The first-order valence-electron chi connectivity index (χ1n) is 5.01. The van der Waals surface area contributed by atoms with E-state index >= 15 is 0 Å². The van der Waals surface area contributed by atoms with Gasteiger partial charge in [0.05, 0.1) is 6.54 Å². The van der Waals surface area contributed by atoms with E-state index in [-0.39, 0.29) is 5.83 Å². The molecule has 15 heavy (non-hydrogen) atoms. The molecule has 4 heteroatoms. The van der Waals surface area contributed by atoms with Crippen molar-refractivity contribution in [2.45, 2.75) is 13.0 Å². The molecule has 2 heterocycles. The van der Waals surface area contributed by atoms with Crippen molar-refractivity contribution in [3.63, 3.8) is 0 Å². The van der Waals surface area contributed by atoms with Crippen molar-refractivity contribution in [2.75, 3.05) is 18.8 Å². The van der Waals surface area contributed by atoms with Crippen molar-refractivity contribution in [3.05, 3.63) is 35.8 Å². The fraction of sp³-hybridized carbons (Fsp3) is 0.364. The Labute approximate surface area is 88.4 Å². The number of hydrogen-bond donors (Lipinski definition) is 1. The third-order valence-electron chi connectivity index (χ3n) is 2.44. The monoisotopic (exact) mass is 207 g/mol. The minimum Gasteiger partial charge on any atom is -0.384 e. The molecular weight excluding hydrogens is 193 g/mol. The first-order valence-corrected chi connectivity index (χ1v) is 5.01.